The summed E-state index contributed by atoms with van der Waals surface area (Å²) in [6.45, 7) is 4.30. The Morgan fingerprint density at radius 2 is 1.66 bits per heavy atom. The molecule has 29 heavy (non-hydrogen) atoms. The van der Waals surface area contributed by atoms with E-state index in [0.717, 1.165) is 5.56 Å². The van der Waals surface area contributed by atoms with E-state index in [1.807, 2.05) is 13.0 Å². The fourth-order valence-electron chi connectivity index (χ4n) is 3.25. The highest BCUT2D eigenvalue weighted by Crippen LogP contribution is 2.40. The van der Waals surface area contributed by atoms with Crippen molar-refractivity contribution in [3.8, 4) is 17.2 Å². The van der Waals surface area contributed by atoms with E-state index in [2.05, 4.69) is 9.97 Å². The van der Waals surface area contributed by atoms with Gasteiger partial charge in [0.2, 0.25) is 5.75 Å². The Balaban J connectivity index is 2.12. The molecule has 0 atom stereocenters. The number of methoxy groups -OCH3 is 3. The van der Waals surface area contributed by atoms with E-state index in [1.165, 1.54) is 16.2 Å². The predicted molar refractivity (Wildman–Crippen MR) is 111 cm³/mol. The van der Waals surface area contributed by atoms with E-state index >= 15 is 0 Å². The van der Waals surface area contributed by atoms with Gasteiger partial charge in [0.15, 0.2) is 17.1 Å². The maximum atomic E-state index is 12.6. The smallest absolute Gasteiger partial charge is 0.332 e. The van der Waals surface area contributed by atoms with Crippen LogP contribution in [-0.2, 0) is 13.1 Å². The highest BCUT2D eigenvalue weighted by molar-refractivity contribution is 5.78. The van der Waals surface area contributed by atoms with Gasteiger partial charge in [-0.1, -0.05) is 0 Å². The van der Waals surface area contributed by atoms with Crippen LogP contribution in [0.3, 0.4) is 0 Å². The van der Waals surface area contributed by atoms with Crippen molar-refractivity contribution in [3.63, 3.8) is 0 Å². The Hall–Kier alpha value is -3.49. The standard InChI is InChI=1S/C20H24N4O5/c1-6-23-18-15(19(25)24(7-2)20(23)26)21-14(22-18)11-9-12-8-10-13(27-3)17(29-5)16(12)28-4/h8-11H,6-7H2,1-5H3,(H,21,22). The number of fused-ring (bicyclic) bond motifs is 1. The molecule has 0 saturated heterocycles. The number of hydrogen-bond acceptors (Lipinski definition) is 6. The number of rotatable bonds is 7. The average Bonchev–Trinajstić information content (AvgIpc) is 3.16. The normalized spacial score (nSPS) is 11.3. The maximum Gasteiger partial charge on any atom is 0.332 e. The number of aryl methyl sites for hydroxylation is 1. The SMILES string of the molecule is CCn1c(=O)c2[nH]c(C=Cc3ccc(OC)c(OC)c3OC)nc2n(CC)c1=O. The average molecular weight is 400 g/mol. The quantitative estimate of drug-likeness (QED) is 0.652. The van der Waals surface area contributed by atoms with Gasteiger partial charge in [-0.15, -0.1) is 0 Å². The van der Waals surface area contributed by atoms with Crippen LogP contribution in [0.1, 0.15) is 25.2 Å². The zero-order valence-electron chi connectivity index (χ0n) is 17.1. The number of aromatic amines is 1. The lowest BCUT2D eigenvalue weighted by molar-refractivity contribution is 0.324. The Morgan fingerprint density at radius 3 is 2.24 bits per heavy atom. The number of H-pyrrole nitrogens is 1. The van der Waals surface area contributed by atoms with E-state index in [-0.39, 0.29) is 11.2 Å². The molecule has 0 aliphatic heterocycles. The molecule has 1 N–H and O–H groups in total. The minimum atomic E-state index is -0.381. The monoisotopic (exact) mass is 400 g/mol. The molecule has 0 spiro atoms. The number of benzene rings is 1. The van der Waals surface area contributed by atoms with Crippen molar-refractivity contribution < 1.29 is 14.2 Å². The van der Waals surface area contributed by atoms with Crippen LogP contribution in [0.15, 0.2) is 21.7 Å². The predicted octanol–water partition coefficient (Wildman–Crippen LogP) is 2.12. The first-order chi connectivity index (χ1) is 14.0. The molecule has 0 bridgehead atoms. The molecule has 9 nitrogen and oxygen atoms in total. The van der Waals surface area contributed by atoms with Crippen molar-refractivity contribution in [2.45, 2.75) is 26.9 Å². The number of aromatic nitrogens is 4. The molecule has 0 fully saturated rings. The second-order valence-electron chi connectivity index (χ2n) is 6.15. The number of hydrogen-bond donors (Lipinski definition) is 1. The van der Waals surface area contributed by atoms with Crippen LogP contribution < -0.4 is 25.5 Å². The van der Waals surface area contributed by atoms with Crippen LogP contribution in [0.25, 0.3) is 23.3 Å². The molecule has 0 saturated carbocycles. The van der Waals surface area contributed by atoms with Crippen molar-refractivity contribution >= 4 is 23.3 Å². The zero-order valence-corrected chi connectivity index (χ0v) is 17.1. The molecule has 9 heteroatoms. The van der Waals surface area contributed by atoms with Crippen molar-refractivity contribution in [1.82, 2.24) is 19.1 Å². The molecular weight excluding hydrogens is 376 g/mol. The molecule has 0 aliphatic rings. The van der Waals surface area contributed by atoms with E-state index in [1.54, 1.807) is 39.4 Å². The third-order valence-corrected chi connectivity index (χ3v) is 4.67. The number of nitrogens with zero attached hydrogens (tertiary/aromatic N) is 3. The summed E-state index contributed by atoms with van der Waals surface area (Å²) in [5.41, 5.74) is 0.631. The van der Waals surface area contributed by atoms with Gasteiger partial charge in [0.1, 0.15) is 11.3 Å². The Morgan fingerprint density at radius 1 is 0.966 bits per heavy atom. The second kappa shape index (κ2) is 8.26. The molecule has 3 rings (SSSR count). The molecule has 1 aromatic carbocycles. The lowest BCUT2D eigenvalue weighted by Crippen LogP contribution is -2.39. The summed E-state index contributed by atoms with van der Waals surface area (Å²) in [7, 11) is 4.64. The summed E-state index contributed by atoms with van der Waals surface area (Å²) in [5.74, 6) is 1.99. The van der Waals surface area contributed by atoms with Crippen LogP contribution >= 0.6 is 0 Å². The Kier molecular flexibility index (Phi) is 5.76. The minimum Gasteiger partial charge on any atom is -0.493 e. The van der Waals surface area contributed by atoms with Crippen LogP contribution in [-0.4, -0.2) is 40.4 Å². The van der Waals surface area contributed by atoms with E-state index in [9.17, 15) is 9.59 Å². The van der Waals surface area contributed by atoms with Crippen molar-refractivity contribution in [1.29, 1.82) is 0 Å². The van der Waals surface area contributed by atoms with Gasteiger partial charge >= 0.3 is 5.69 Å². The number of ether oxygens (including phenoxy) is 3. The summed E-state index contributed by atoms with van der Waals surface area (Å²) in [6, 6.07) is 3.60. The van der Waals surface area contributed by atoms with Gasteiger partial charge in [-0.2, -0.15) is 0 Å². The van der Waals surface area contributed by atoms with E-state index < -0.39 is 0 Å². The molecule has 154 valence electrons. The minimum absolute atomic E-state index is 0.292. The molecular formula is C20H24N4O5. The third kappa shape index (κ3) is 3.39. The second-order valence-corrected chi connectivity index (χ2v) is 6.15. The summed E-state index contributed by atoms with van der Waals surface area (Å²) >= 11 is 0. The van der Waals surface area contributed by atoms with Gasteiger partial charge < -0.3 is 19.2 Å². The molecule has 0 amide bonds. The maximum absolute atomic E-state index is 12.6. The molecule has 0 radical (unpaired) electrons. The summed E-state index contributed by atoms with van der Waals surface area (Å²) in [5, 5.41) is 0. The molecule has 0 unspecified atom stereocenters. The summed E-state index contributed by atoms with van der Waals surface area (Å²) in [4.78, 5) is 32.5. The lowest BCUT2D eigenvalue weighted by Gasteiger charge is -2.13. The van der Waals surface area contributed by atoms with Crippen LogP contribution in [0.2, 0.25) is 0 Å². The van der Waals surface area contributed by atoms with Gasteiger partial charge in [0.25, 0.3) is 5.56 Å². The van der Waals surface area contributed by atoms with Gasteiger partial charge in [0.05, 0.1) is 21.3 Å². The topological polar surface area (TPSA) is 100 Å². The first kappa shape index (κ1) is 20.2. The van der Waals surface area contributed by atoms with E-state index in [0.29, 0.717) is 47.3 Å². The first-order valence-electron chi connectivity index (χ1n) is 9.21. The molecule has 2 heterocycles. The molecule has 3 aromatic rings. The Bertz CT molecular complexity index is 1190. The van der Waals surface area contributed by atoms with Crippen LogP contribution in [0.5, 0.6) is 17.2 Å². The lowest BCUT2D eigenvalue weighted by atomic mass is 10.1. The fraction of sp³-hybridized carbons (Fsp3) is 0.350. The van der Waals surface area contributed by atoms with Crippen LogP contribution in [0.4, 0.5) is 0 Å². The number of nitrogens with one attached hydrogen (secondary N) is 1. The number of imidazole rings is 1. The summed E-state index contributed by atoms with van der Waals surface area (Å²) in [6.07, 6.45) is 3.50. The highest BCUT2D eigenvalue weighted by Gasteiger charge is 2.16. The molecule has 2 aromatic heterocycles. The van der Waals surface area contributed by atoms with Gasteiger partial charge in [0, 0.05) is 18.7 Å². The zero-order chi connectivity index (χ0) is 21.1. The third-order valence-electron chi connectivity index (χ3n) is 4.67. The fourth-order valence-corrected chi connectivity index (χ4v) is 3.25. The van der Waals surface area contributed by atoms with Gasteiger partial charge in [-0.05, 0) is 38.1 Å². The van der Waals surface area contributed by atoms with Crippen LogP contribution in [0, 0.1) is 0 Å². The van der Waals surface area contributed by atoms with E-state index in [4.69, 9.17) is 14.2 Å². The van der Waals surface area contributed by atoms with Crippen molar-refractivity contribution in [3.05, 3.63) is 44.4 Å². The van der Waals surface area contributed by atoms with Crippen molar-refractivity contribution in [2.75, 3.05) is 21.3 Å². The summed E-state index contributed by atoms with van der Waals surface area (Å²) < 4.78 is 18.8. The van der Waals surface area contributed by atoms with Gasteiger partial charge in [-0.25, -0.2) is 9.78 Å². The largest absolute Gasteiger partial charge is 0.493 e. The first-order valence-corrected chi connectivity index (χ1v) is 9.21. The highest BCUT2D eigenvalue weighted by atomic mass is 16.5. The van der Waals surface area contributed by atoms with Gasteiger partial charge in [-0.3, -0.25) is 13.9 Å². The molecule has 0 aliphatic carbocycles. The van der Waals surface area contributed by atoms with Crippen molar-refractivity contribution in [2.24, 2.45) is 0 Å². The Labute approximate surface area is 167 Å².